The molecule has 9 heteroatoms. The summed E-state index contributed by atoms with van der Waals surface area (Å²) >= 11 is 0. The predicted molar refractivity (Wildman–Crippen MR) is 93.8 cm³/mol. The van der Waals surface area contributed by atoms with E-state index in [9.17, 15) is 18.4 Å². The number of halogens is 2. The van der Waals surface area contributed by atoms with Crippen LogP contribution in [-0.2, 0) is 4.79 Å². The first-order valence-corrected chi connectivity index (χ1v) is 8.92. The summed E-state index contributed by atoms with van der Waals surface area (Å²) in [5, 5.41) is 14.0. The summed E-state index contributed by atoms with van der Waals surface area (Å²) in [6, 6.07) is 1.08. The maximum Gasteiger partial charge on any atom is 0.319 e. The Morgan fingerprint density at radius 1 is 1.26 bits per heavy atom. The van der Waals surface area contributed by atoms with Crippen LogP contribution in [0, 0.1) is 17.6 Å². The molecule has 0 spiro atoms. The number of carboxylic acid groups (broad SMARTS) is 1. The lowest BCUT2D eigenvalue weighted by Gasteiger charge is -2.42. The number of carboxylic acids is 1. The summed E-state index contributed by atoms with van der Waals surface area (Å²) in [5.41, 5.74) is -0.275. The quantitative estimate of drug-likeness (QED) is 0.641. The highest BCUT2D eigenvalue weighted by Gasteiger charge is 2.37. The van der Waals surface area contributed by atoms with Gasteiger partial charge in [0, 0.05) is 30.8 Å². The van der Waals surface area contributed by atoms with Gasteiger partial charge in [0.1, 0.15) is 0 Å². The van der Waals surface area contributed by atoms with Crippen molar-refractivity contribution < 1.29 is 28.2 Å². The Kier molecular flexibility index (Phi) is 5.79. The molecule has 0 atom stereocenters. The van der Waals surface area contributed by atoms with Crippen LogP contribution < -0.4 is 15.4 Å². The van der Waals surface area contributed by atoms with Crippen molar-refractivity contribution in [3.8, 4) is 5.75 Å². The minimum atomic E-state index is -0.859. The Morgan fingerprint density at radius 2 is 1.96 bits per heavy atom. The zero-order valence-electron chi connectivity index (χ0n) is 15.0. The minimum Gasteiger partial charge on any atom is -0.494 e. The van der Waals surface area contributed by atoms with Crippen molar-refractivity contribution in [2.45, 2.75) is 37.8 Å². The van der Waals surface area contributed by atoms with Crippen LogP contribution >= 0.6 is 0 Å². The number of ether oxygens (including phenoxy) is 1. The monoisotopic (exact) mass is 383 g/mol. The lowest BCUT2D eigenvalue weighted by atomic mass is 9.85. The summed E-state index contributed by atoms with van der Waals surface area (Å²) in [6.07, 6.45) is 3.54. The maximum absolute atomic E-state index is 13.9. The van der Waals surface area contributed by atoms with Gasteiger partial charge in [-0.2, -0.15) is 0 Å². The van der Waals surface area contributed by atoms with E-state index in [4.69, 9.17) is 5.11 Å². The SMILES string of the molecule is COc1cc(F)c(NC(=O)NC2CC(N(CC(=O)O)CC3CC3)C2)cc1F. The van der Waals surface area contributed by atoms with Crippen molar-refractivity contribution in [1.29, 1.82) is 0 Å². The van der Waals surface area contributed by atoms with Crippen molar-refractivity contribution in [3.05, 3.63) is 23.8 Å². The topological polar surface area (TPSA) is 90.9 Å². The molecule has 2 saturated carbocycles. The molecule has 0 saturated heterocycles. The molecule has 0 bridgehead atoms. The van der Waals surface area contributed by atoms with Crippen molar-refractivity contribution in [3.63, 3.8) is 0 Å². The van der Waals surface area contributed by atoms with Crippen LogP contribution in [0.25, 0.3) is 0 Å². The van der Waals surface area contributed by atoms with Crippen LogP contribution in [0.5, 0.6) is 5.75 Å². The normalized spacial score (nSPS) is 21.5. The Morgan fingerprint density at radius 3 is 2.56 bits per heavy atom. The smallest absolute Gasteiger partial charge is 0.319 e. The molecule has 3 rings (SSSR count). The largest absolute Gasteiger partial charge is 0.494 e. The summed E-state index contributed by atoms with van der Waals surface area (Å²) in [4.78, 5) is 25.0. The van der Waals surface area contributed by atoms with Gasteiger partial charge in [-0.3, -0.25) is 9.69 Å². The number of rotatable bonds is 8. The van der Waals surface area contributed by atoms with Gasteiger partial charge in [-0.15, -0.1) is 0 Å². The molecule has 148 valence electrons. The fourth-order valence-electron chi connectivity index (χ4n) is 3.28. The number of amides is 2. The number of carbonyl (C=O) groups excluding carboxylic acids is 1. The highest BCUT2D eigenvalue weighted by atomic mass is 19.1. The van der Waals surface area contributed by atoms with Gasteiger partial charge in [0.25, 0.3) is 0 Å². The molecule has 1 aromatic carbocycles. The van der Waals surface area contributed by atoms with Gasteiger partial charge >= 0.3 is 12.0 Å². The third-order valence-corrected chi connectivity index (χ3v) is 4.98. The van der Waals surface area contributed by atoms with Gasteiger partial charge in [0.05, 0.1) is 19.3 Å². The van der Waals surface area contributed by atoms with E-state index in [0.29, 0.717) is 18.8 Å². The van der Waals surface area contributed by atoms with Crippen LogP contribution in [0.1, 0.15) is 25.7 Å². The van der Waals surface area contributed by atoms with Gasteiger partial charge in [-0.05, 0) is 31.6 Å². The molecule has 2 fully saturated rings. The number of nitrogens with zero attached hydrogens (tertiary/aromatic N) is 1. The van der Waals surface area contributed by atoms with Gasteiger partial charge < -0.3 is 20.5 Å². The van der Waals surface area contributed by atoms with E-state index in [2.05, 4.69) is 15.4 Å². The molecule has 27 heavy (non-hydrogen) atoms. The molecule has 0 aliphatic heterocycles. The van der Waals surface area contributed by atoms with Crippen LogP contribution in [0.3, 0.4) is 0 Å². The second kappa shape index (κ2) is 8.08. The number of anilines is 1. The lowest BCUT2D eigenvalue weighted by Crippen LogP contribution is -2.55. The third-order valence-electron chi connectivity index (χ3n) is 4.98. The van der Waals surface area contributed by atoms with Crippen molar-refractivity contribution in [2.75, 3.05) is 25.5 Å². The summed E-state index contributed by atoms with van der Waals surface area (Å²) in [6.45, 7) is 0.767. The second-order valence-corrected chi connectivity index (χ2v) is 7.15. The number of aliphatic carboxylic acids is 1. The highest BCUT2D eigenvalue weighted by Crippen LogP contribution is 2.34. The lowest BCUT2D eigenvalue weighted by molar-refractivity contribution is -0.139. The Hall–Kier alpha value is -2.42. The summed E-state index contributed by atoms with van der Waals surface area (Å²) < 4.78 is 32.2. The average molecular weight is 383 g/mol. The standard InChI is InChI=1S/C18H23F2N3O4/c1-27-16-7-13(19)15(6-14(16)20)22-18(26)21-11-4-12(5-11)23(9-17(24)25)8-10-2-3-10/h6-7,10-12H,2-5,8-9H2,1H3,(H,24,25)(H2,21,22,26). The summed E-state index contributed by atoms with van der Waals surface area (Å²) in [5.74, 6) is -2.10. The number of urea groups is 1. The molecule has 3 N–H and O–H groups in total. The molecule has 2 aliphatic carbocycles. The van der Waals surface area contributed by atoms with Crippen molar-refractivity contribution in [1.82, 2.24) is 10.2 Å². The molecule has 0 aromatic heterocycles. The fourth-order valence-corrected chi connectivity index (χ4v) is 3.28. The molecule has 0 heterocycles. The van der Waals surface area contributed by atoms with Gasteiger partial charge in [0.15, 0.2) is 17.4 Å². The number of nitrogens with one attached hydrogen (secondary N) is 2. The maximum atomic E-state index is 13.9. The van der Waals surface area contributed by atoms with Crippen molar-refractivity contribution in [2.24, 2.45) is 5.92 Å². The Balaban J connectivity index is 1.48. The van der Waals surface area contributed by atoms with Crippen LogP contribution in [0.15, 0.2) is 12.1 Å². The first-order valence-electron chi connectivity index (χ1n) is 8.92. The summed E-state index contributed by atoms with van der Waals surface area (Å²) in [7, 11) is 1.22. The van der Waals surface area contributed by atoms with E-state index in [1.54, 1.807) is 0 Å². The van der Waals surface area contributed by atoms with E-state index in [1.165, 1.54) is 7.11 Å². The van der Waals surface area contributed by atoms with Gasteiger partial charge in [-0.1, -0.05) is 0 Å². The molecule has 7 nitrogen and oxygen atoms in total. The molecule has 1 aromatic rings. The van der Waals surface area contributed by atoms with E-state index in [1.807, 2.05) is 4.90 Å². The fraction of sp³-hybridized carbons (Fsp3) is 0.556. The number of benzene rings is 1. The molecule has 0 radical (unpaired) electrons. The molecular formula is C18H23F2N3O4. The van der Waals surface area contributed by atoms with E-state index < -0.39 is 23.6 Å². The van der Waals surface area contributed by atoms with E-state index in [-0.39, 0.29) is 30.1 Å². The second-order valence-electron chi connectivity index (χ2n) is 7.15. The van der Waals surface area contributed by atoms with Crippen LogP contribution in [0.4, 0.5) is 19.3 Å². The molecular weight excluding hydrogens is 360 g/mol. The van der Waals surface area contributed by atoms with E-state index >= 15 is 0 Å². The molecule has 2 aliphatic rings. The predicted octanol–water partition coefficient (Wildman–Crippen LogP) is 2.42. The third kappa shape index (κ3) is 5.06. The number of hydrogen-bond donors (Lipinski definition) is 3. The van der Waals surface area contributed by atoms with Gasteiger partial charge in [-0.25, -0.2) is 13.6 Å². The Bertz CT molecular complexity index is 721. The highest BCUT2D eigenvalue weighted by molar-refractivity contribution is 5.89. The number of methoxy groups -OCH3 is 1. The zero-order chi connectivity index (χ0) is 19.6. The van der Waals surface area contributed by atoms with Gasteiger partial charge in [0.2, 0.25) is 0 Å². The number of hydrogen-bond acceptors (Lipinski definition) is 4. The van der Waals surface area contributed by atoms with Crippen molar-refractivity contribution >= 4 is 17.7 Å². The molecule has 0 unspecified atom stereocenters. The number of carbonyl (C=O) groups is 2. The van der Waals surface area contributed by atoms with Crippen LogP contribution in [0.2, 0.25) is 0 Å². The first-order chi connectivity index (χ1) is 12.9. The first kappa shape index (κ1) is 19.3. The van der Waals surface area contributed by atoms with Crippen LogP contribution in [-0.4, -0.2) is 54.3 Å². The van der Waals surface area contributed by atoms with E-state index in [0.717, 1.165) is 31.5 Å². The molecule has 2 amide bonds. The Labute approximate surface area is 155 Å². The minimum absolute atomic E-state index is 0.00355. The average Bonchev–Trinajstić information content (AvgIpc) is 3.36. The zero-order valence-corrected chi connectivity index (χ0v) is 15.0.